The van der Waals surface area contributed by atoms with E-state index in [-0.39, 0.29) is 17.1 Å². The van der Waals surface area contributed by atoms with E-state index in [0.717, 1.165) is 5.69 Å². The third kappa shape index (κ3) is 3.36. The number of anilines is 1. The van der Waals surface area contributed by atoms with Crippen molar-refractivity contribution in [3.8, 4) is 0 Å². The van der Waals surface area contributed by atoms with E-state index in [1.165, 1.54) is 35.6 Å². The second-order valence-corrected chi connectivity index (χ2v) is 6.94. The smallest absolute Gasteiger partial charge is 0.271 e. The Balaban J connectivity index is 1.70. The molecule has 136 valence electrons. The molecular weight excluding hydrogens is 371 g/mol. The van der Waals surface area contributed by atoms with Crippen molar-refractivity contribution in [1.82, 2.24) is 4.57 Å². The molecule has 0 saturated carbocycles. The topological polar surface area (TPSA) is 80.7 Å². The fourth-order valence-electron chi connectivity index (χ4n) is 2.81. The molecular formula is C18H13FN4O3S. The van der Waals surface area contributed by atoms with Crippen LogP contribution in [0.1, 0.15) is 5.56 Å². The van der Waals surface area contributed by atoms with Gasteiger partial charge in [0.1, 0.15) is 19.2 Å². The van der Waals surface area contributed by atoms with Gasteiger partial charge in [-0.25, -0.2) is 9.38 Å². The first-order valence-corrected chi connectivity index (χ1v) is 8.84. The van der Waals surface area contributed by atoms with Crippen molar-refractivity contribution in [2.75, 3.05) is 11.6 Å². The lowest BCUT2D eigenvalue weighted by atomic mass is 10.2. The highest BCUT2D eigenvalue weighted by molar-refractivity contribution is 7.07. The number of rotatable bonds is 3. The summed E-state index contributed by atoms with van der Waals surface area (Å²) in [7, 11) is 0. The fraction of sp³-hybridized carbons (Fsp3) is 0.111. The number of non-ortho nitro benzene ring substituents is 1. The molecule has 1 aliphatic heterocycles. The highest BCUT2D eigenvalue weighted by Crippen LogP contribution is 2.16. The Hall–Kier alpha value is -3.33. The molecule has 0 unspecified atom stereocenters. The van der Waals surface area contributed by atoms with Gasteiger partial charge in [0.05, 0.1) is 9.46 Å². The van der Waals surface area contributed by atoms with Crippen LogP contribution in [0.2, 0.25) is 0 Å². The zero-order chi connectivity index (χ0) is 19.0. The largest absolute Gasteiger partial charge is 0.334 e. The van der Waals surface area contributed by atoms with Crippen LogP contribution in [0.5, 0.6) is 0 Å². The molecule has 4 rings (SSSR count). The summed E-state index contributed by atoms with van der Waals surface area (Å²) in [4.78, 5) is 30.0. The van der Waals surface area contributed by atoms with Crippen LogP contribution in [-0.2, 0) is 6.67 Å². The van der Waals surface area contributed by atoms with Gasteiger partial charge in [0, 0.05) is 17.8 Å². The van der Waals surface area contributed by atoms with Gasteiger partial charge in [0.25, 0.3) is 11.2 Å². The number of halogens is 1. The van der Waals surface area contributed by atoms with Gasteiger partial charge >= 0.3 is 0 Å². The molecule has 2 heterocycles. The van der Waals surface area contributed by atoms with Crippen LogP contribution in [0.15, 0.2) is 58.3 Å². The summed E-state index contributed by atoms with van der Waals surface area (Å²) < 4.78 is 15.1. The number of nitro benzene ring substituents is 1. The SMILES string of the molecule is O=c1/c(=C\c2cccc([N+](=O)[O-])c2)sc2n1CN(c1ccc(F)cc1)CN=2. The normalized spacial score (nSPS) is 14.0. The van der Waals surface area contributed by atoms with Crippen molar-refractivity contribution < 1.29 is 9.31 Å². The number of benzene rings is 2. The maximum absolute atomic E-state index is 13.1. The lowest BCUT2D eigenvalue weighted by Crippen LogP contribution is -2.42. The predicted octanol–water partition coefficient (Wildman–Crippen LogP) is 1.84. The quantitative estimate of drug-likeness (QED) is 0.510. The van der Waals surface area contributed by atoms with Crippen LogP contribution in [0, 0.1) is 15.9 Å². The van der Waals surface area contributed by atoms with E-state index >= 15 is 0 Å². The van der Waals surface area contributed by atoms with Crippen LogP contribution >= 0.6 is 11.3 Å². The molecule has 0 amide bonds. The maximum Gasteiger partial charge on any atom is 0.271 e. The Morgan fingerprint density at radius 1 is 1.22 bits per heavy atom. The summed E-state index contributed by atoms with van der Waals surface area (Å²) >= 11 is 1.24. The molecule has 0 fully saturated rings. The van der Waals surface area contributed by atoms with Crippen molar-refractivity contribution in [3.05, 3.63) is 89.7 Å². The number of nitro groups is 1. The molecule has 0 saturated heterocycles. The minimum absolute atomic E-state index is 0.0302. The molecule has 0 radical (unpaired) electrons. The lowest BCUT2D eigenvalue weighted by Gasteiger charge is -2.25. The van der Waals surface area contributed by atoms with Crippen molar-refractivity contribution in [1.29, 1.82) is 0 Å². The summed E-state index contributed by atoms with van der Waals surface area (Å²) in [5.41, 5.74) is 1.11. The van der Waals surface area contributed by atoms with E-state index in [4.69, 9.17) is 0 Å². The third-order valence-corrected chi connectivity index (χ3v) is 5.19. The Labute approximate surface area is 156 Å². The summed E-state index contributed by atoms with van der Waals surface area (Å²) in [6.45, 7) is 0.671. The fourth-order valence-corrected chi connectivity index (χ4v) is 3.77. The molecule has 0 N–H and O–H groups in total. The molecule has 0 bridgehead atoms. The number of hydrogen-bond acceptors (Lipinski definition) is 6. The standard InChI is InChI=1S/C18H13FN4O3S/c19-13-4-6-14(7-5-13)21-10-20-18-22(11-21)17(24)16(27-18)9-12-2-1-3-15(8-12)23(25)26/h1-9H,10-11H2/b16-9+. The monoisotopic (exact) mass is 384 g/mol. The Morgan fingerprint density at radius 2 is 2.00 bits per heavy atom. The van der Waals surface area contributed by atoms with E-state index in [0.29, 0.717) is 28.2 Å². The molecule has 0 atom stereocenters. The molecule has 3 aromatic rings. The van der Waals surface area contributed by atoms with Crippen LogP contribution in [0.25, 0.3) is 6.08 Å². The zero-order valence-corrected chi connectivity index (χ0v) is 14.7. The predicted molar refractivity (Wildman–Crippen MR) is 99.8 cm³/mol. The van der Waals surface area contributed by atoms with Gasteiger partial charge in [-0.05, 0) is 35.9 Å². The highest BCUT2D eigenvalue weighted by atomic mass is 32.1. The highest BCUT2D eigenvalue weighted by Gasteiger charge is 2.16. The zero-order valence-electron chi connectivity index (χ0n) is 13.9. The average Bonchev–Trinajstić information content (AvgIpc) is 2.98. The number of hydrogen-bond donors (Lipinski definition) is 0. The van der Waals surface area contributed by atoms with Crippen LogP contribution < -0.4 is 19.8 Å². The Bertz CT molecular complexity index is 1200. The Morgan fingerprint density at radius 3 is 2.74 bits per heavy atom. The maximum atomic E-state index is 13.1. The van der Waals surface area contributed by atoms with Crippen molar-refractivity contribution in [2.45, 2.75) is 6.67 Å². The first-order chi connectivity index (χ1) is 13.0. The summed E-state index contributed by atoms with van der Waals surface area (Å²) in [6.07, 6.45) is 1.63. The molecule has 1 aromatic heterocycles. The van der Waals surface area contributed by atoms with Gasteiger partial charge < -0.3 is 4.90 Å². The van der Waals surface area contributed by atoms with Gasteiger partial charge in [-0.2, -0.15) is 0 Å². The van der Waals surface area contributed by atoms with E-state index in [2.05, 4.69) is 4.99 Å². The summed E-state index contributed by atoms with van der Waals surface area (Å²) in [5, 5.41) is 10.9. The van der Waals surface area contributed by atoms with Gasteiger partial charge in [-0.1, -0.05) is 23.5 Å². The van der Waals surface area contributed by atoms with Gasteiger partial charge in [0.15, 0.2) is 4.80 Å². The molecule has 0 aliphatic carbocycles. The molecule has 7 nitrogen and oxygen atoms in total. The van der Waals surface area contributed by atoms with E-state index in [1.54, 1.807) is 34.9 Å². The third-order valence-electron chi connectivity index (χ3n) is 4.15. The summed E-state index contributed by atoms with van der Waals surface area (Å²) in [6, 6.07) is 12.1. The minimum Gasteiger partial charge on any atom is -0.334 e. The minimum atomic E-state index is -0.473. The lowest BCUT2D eigenvalue weighted by molar-refractivity contribution is -0.384. The average molecular weight is 384 g/mol. The van der Waals surface area contributed by atoms with Gasteiger partial charge in [-0.15, -0.1) is 0 Å². The van der Waals surface area contributed by atoms with Crippen LogP contribution in [0.3, 0.4) is 0 Å². The number of fused-ring (bicyclic) bond motifs is 1. The van der Waals surface area contributed by atoms with E-state index < -0.39 is 4.92 Å². The van der Waals surface area contributed by atoms with Gasteiger partial charge in [-0.3, -0.25) is 19.5 Å². The van der Waals surface area contributed by atoms with Crippen molar-refractivity contribution >= 4 is 28.8 Å². The number of thiazole rings is 1. The second-order valence-electron chi connectivity index (χ2n) is 5.94. The van der Waals surface area contributed by atoms with Crippen molar-refractivity contribution in [2.24, 2.45) is 4.99 Å². The van der Waals surface area contributed by atoms with Crippen LogP contribution in [-0.4, -0.2) is 16.2 Å². The second kappa shape index (κ2) is 6.76. The van der Waals surface area contributed by atoms with E-state index in [1.807, 2.05) is 4.90 Å². The number of aromatic nitrogens is 1. The molecule has 0 spiro atoms. The van der Waals surface area contributed by atoms with Crippen molar-refractivity contribution in [3.63, 3.8) is 0 Å². The first kappa shape index (κ1) is 17.1. The summed E-state index contributed by atoms with van der Waals surface area (Å²) in [5.74, 6) is -0.324. The van der Waals surface area contributed by atoms with Gasteiger partial charge in [0.2, 0.25) is 0 Å². The number of nitrogens with zero attached hydrogens (tertiary/aromatic N) is 4. The first-order valence-electron chi connectivity index (χ1n) is 8.02. The van der Waals surface area contributed by atoms with E-state index in [9.17, 15) is 19.3 Å². The van der Waals surface area contributed by atoms with Crippen LogP contribution in [0.4, 0.5) is 15.8 Å². The molecule has 9 heteroatoms. The molecule has 2 aromatic carbocycles. The Kier molecular flexibility index (Phi) is 4.28. The molecule has 27 heavy (non-hydrogen) atoms. The molecule has 1 aliphatic rings.